The summed E-state index contributed by atoms with van der Waals surface area (Å²) in [6, 6.07) is 51.6. The van der Waals surface area contributed by atoms with Crippen LogP contribution in [0.5, 0.6) is 0 Å². The molecule has 218 valence electrons. The third kappa shape index (κ3) is 4.07. The van der Waals surface area contributed by atoms with Gasteiger partial charge < -0.3 is 4.57 Å². The van der Waals surface area contributed by atoms with Gasteiger partial charge in [-0.25, -0.2) is 9.97 Å². The van der Waals surface area contributed by atoms with Gasteiger partial charge >= 0.3 is 0 Å². The molecule has 3 aromatic heterocycles. The van der Waals surface area contributed by atoms with E-state index in [4.69, 9.17) is 9.97 Å². The lowest BCUT2D eigenvalue weighted by atomic mass is 10.1. The largest absolute Gasteiger partial charge is 0.307 e. The summed E-state index contributed by atoms with van der Waals surface area (Å²) in [7, 11) is 0. The highest BCUT2D eigenvalue weighted by Crippen LogP contribution is 2.42. The number of rotatable bonds is 4. The number of nitrogens with zero attached hydrogens (tertiary/aromatic N) is 4. The van der Waals surface area contributed by atoms with E-state index in [2.05, 4.69) is 144 Å². The first kappa shape index (κ1) is 26.4. The van der Waals surface area contributed by atoms with Gasteiger partial charge in [0.25, 0.3) is 0 Å². The van der Waals surface area contributed by atoms with Crippen LogP contribution in [0, 0.1) is 13.8 Å². The number of fused-ring (bicyclic) bond motifs is 7. The lowest BCUT2D eigenvalue weighted by Gasteiger charge is -2.14. The lowest BCUT2D eigenvalue weighted by molar-refractivity contribution is 1.05. The van der Waals surface area contributed by atoms with E-state index < -0.39 is 0 Å². The van der Waals surface area contributed by atoms with E-state index in [0.717, 1.165) is 39.4 Å². The number of hydrogen-bond donors (Lipinski definition) is 0. The Morgan fingerprint density at radius 2 is 0.957 bits per heavy atom. The molecule has 0 radical (unpaired) electrons. The first-order chi connectivity index (χ1) is 22.6. The van der Waals surface area contributed by atoms with Crippen molar-refractivity contribution < 1.29 is 0 Å². The summed E-state index contributed by atoms with van der Waals surface area (Å²) < 4.78 is 4.78. The second-order valence-electron chi connectivity index (χ2n) is 12.1. The van der Waals surface area contributed by atoms with E-state index in [0.29, 0.717) is 5.82 Å². The highest BCUT2D eigenvalue weighted by Gasteiger charge is 2.23. The van der Waals surface area contributed by atoms with Crippen LogP contribution in [0.4, 0.5) is 0 Å². The molecule has 0 bridgehead atoms. The second-order valence-corrected chi connectivity index (χ2v) is 12.1. The minimum Gasteiger partial charge on any atom is -0.307 e. The average Bonchev–Trinajstić information content (AvgIpc) is 3.61. The fraction of sp³-hybridized carbons (Fsp3) is 0.0476. The summed E-state index contributed by atoms with van der Waals surface area (Å²) in [4.78, 5) is 10.4. The minimum atomic E-state index is 0.700. The molecule has 9 aromatic rings. The van der Waals surface area contributed by atoms with E-state index in [1.165, 1.54) is 43.7 Å². The molecule has 0 atom stereocenters. The zero-order chi connectivity index (χ0) is 30.8. The van der Waals surface area contributed by atoms with Crippen LogP contribution in [-0.2, 0) is 0 Å². The Kier molecular flexibility index (Phi) is 5.90. The van der Waals surface area contributed by atoms with E-state index in [-0.39, 0.29) is 0 Å². The maximum atomic E-state index is 5.31. The Balaban J connectivity index is 1.49. The van der Waals surface area contributed by atoms with Crippen LogP contribution < -0.4 is 0 Å². The van der Waals surface area contributed by atoms with Gasteiger partial charge in [0.1, 0.15) is 5.82 Å². The Morgan fingerprint density at radius 1 is 0.435 bits per heavy atom. The predicted molar refractivity (Wildman–Crippen MR) is 191 cm³/mol. The molecule has 0 amide bonds. The van der Waals surface area contributed by atoms with Crippen molar-refractivity contribution in [1.29, 1.82) is 0 Å². The van der Waals surface area contributed by atoms with Crippen molar-refractivity contribution >= 4 is 43.6 Å². The third-order valence-corrected chi connectivity index (χ3v) is 9.02. The van der Waals surface area contributed by atoms with Crippen molar-refractivity contribution in [1.82, 2.24) is 19.1 Å². The second kappa shape index (κ2) is 10.3. The molecule has 0 aliphatic rings. The number of para-hydroxylation sites is 1. The molecule has 0 fully saturated rings. The zero-order valence-electron chi connectivity index (χ0n) is 25.6. The average molecular weight is 591 g/mol. The number of benzene rings is 6. The number of aromatic nitrogens is 4. The van der Waals surface area contributed by atoms with Gasteiger partial charge in [0, 0.05) is 44.4 Å². The van der Waals surface area contributed by atoms with Crippen molar-refractivity contribution in [3.05, 3.63) is 157 Å². The van der Waals surface area contributed by atoms with Crippen molar-refractivity contribution in [3.8, 4) is 34.2 Å². The van der Waals surface area contributed by atoms with Gasteiger partial charge in [-0.15, -0.1) is 0 Å². The van der Waals surface area contributed by atoms with Gasteiger partial charge in [-0.05, 0) is 50.2 Å². The van der Waals surface area contributed by atoms with Crippen LogP contribution in [0.25, 0.3) is 77.8 Å². The van der Waals surface area contributed by atoms with E-state index in [1.54, 1.807) is 0 Å². The van der Waals surface area contributed by atoms with Gasteiger partial charge in [-0.2, -0.15) is 0 Å². The smallest absolute Gasteiger partial charge is 0.162 e. The van der Waals surface area contributed by atoms with E-state index in [9.17, 15) is 0 Å². The molecule has 0 aliphatic carbocycles. The van der Waals surface area contributed by atoms with Crippen LogP contribution >= 0.6 is 0 Å². The third-order valence-electron chi connectivity index (χ3n) is 9.02. The van der Waals surface area contributed by atoms with Gasteiger partial charge in [0.05, 0.1) is 27.8 Å². The Morgan fingerprint density at radius 3 is 1.57 bits per heavy atom. The highest BCUT2D eigenvalue weighted by molar-refractivity contribution is 6.23. The molecule has 0 spiro atoms. The normalized spacial score (nSPS) is 11.7. The van der Waals surface area contributed by atoms with Crippen LogP contribution in [-0.4, -0.2) is 19.1 Å². The summed E-state index contributed by atoms with van der Waals surface area (Å²) >= 11 is 0. The lowest BCUT2D eigenvalue weighted by Crippen LogP contribution is -2.04. The number of hydrogen-bond acceptors (Lipinski definition) is 2. The molecule has 46 heavy (non-hydrogen) atoms. The molecule has 4 nitrogen and oxygen atoms in total. The van der Waals surface area contributed by atoms with Gasteiger partial charge in [-0.1, -0.05) is 114 Å². The maximum absolute atomic E-state index is 5.31. The number of aryl methyl sites for hydroxylation is 2. The van der Waals surface area contributed by atoms with E-state index >= 15 is 0 Å². The van der Waals surface area contributed by atoms with Crippen molar-refractivity contribution in [2.24, 2.45) is 0 Å². The zero-order valence-corrected chi connectivity index (χ0v) is 25.6. The van der Waals surface area contributed by atoms with E-state index in [1.807, 2.05) is 24.3 Å². The fourth-order valence-electron chi connectivity index (χ4n) is 6.93. The molecule has 0 aliphatic heterocycles. The summed E-state index contributed by atoms with van der Waals surface area (Å²) in [5.41, 5.74) is 11.1. The Labute approximate surface area is 266 Å². The maximum Gasteiger partial charge on any atom is 0.162 e. The molecule has 6 aromatic carbocycles. The molecule has 0 saturated carbocycles. The summed E-state index contributed by atoms with van der Waals surface area (Å²) in [5, 5.41) is 4.87. The molecule has 0 saturated heterocycles. The molecule has 3 heterocycles. The summed E-state index contributed by atoms with van der Waals surface area (Å²) in [5.74, 6) is 1.54. The molecule has 0 N–H and O–H groups in total. The van der Waals surface area contributed by atoms with Crippen LogP contribution in [0.2, 0.25) is 0 Å². The SMILES string of the molecule is Cc1ccc2c(c1)c1ccc3c4cc(C)ccc4n(-c4cc(-c5ccccc5)nc(-c5ccccc5)n4)c3c1n2-c1ccccc1. The first-order valence-corrected chi connectivity index (χ1v) is 15.7. The quantitative estimate of drug-likeness (QED) is 0.204. The highest BCUT2D eigenvalue weighted by atomic mass is 15.1. The molecular formula is C42H30N4. The van der Waals surface area contributed by atoms with Crippen LogP contribution in [0.3, 0.4) is 0 Å². The standard InChI is InChI=1S/C42H30N4/c1-27-18-22-37-34(24-27)32-20-21-33-35-25-28(2)19-23-38(35)46(41(33)40(32)45(37)31-16-10-5-11-17-31)39-26-36(29-12-6-3-7-13-29)43-42(44-39)30-14-8-4-9-15-30/h3-26H,1-2H3. The molecule has 0 unspecified atom stereocenters. The summed E-state index contributed by atoms with van der Waals surface area (Å²) in [6.45, 7) is 4.33. The van der Waals surface area contributed by atoms with Gasteiger partial charge in [0.2, 0.25) is 0 Å². The van der Waals surface area contributed by atoms with Crippen molar-refractivity contribution in [2.45, 2.75) is 13.8 Å². The molecule has 9 rings (SSSR count). The predicted octanol–water partition coefficient (Wildman–Crippen LogP) is 10.6. The molecular weight excluding hydrogens is 560 g/mol. The topological polar surface area (TPSA) is 35.6 Å². The fourth-order valence-corrected chi connectivity index (χ4v) is 6.93. The Hall–Kier alpha value is -6.00. The first-order valence-electron chi connectivity index (χ1n) is 15.7. The monoisotopic (exact) mass is 590 g/mol. The minimum absolute atomic E-state index is 0.700. The van der Waals surface area contributed by atoms with Crippen molar-refractivity contribution in [3.63, 3.8) is 0 Å². The van der Waals surface area contributed by atoms with Crippen LogP contribution in [0.1, 0.15) is 11.1 Å². The molecule has 4 heteroatoms. The van der Waals surface area contributed by atoms with Gasteiger partial charge in [-0.3, -0.25) is 4.57 Å². The van der Waals surface area contributed by atoms with Crippen LogP contribution in [0.15, 0.2) is 146 Å². The van der Waals surface area contributed by atoms with Crippen molar-refractivity contribution in [2.75, 3.05) is 0 Å². The Bertz CT molecular complexity index is 2520. The van der Waals surface area contributed by atoms with Gasteiger partial charge in [0.15, 0.2) is 5.82 Å². The summed E-state index contributed by atoms with van der Waals surface area (Å²) in [6.07, 6.45) is 0.